The predicted octanol–water partition coefficient (Wildman–Crippen LogP) is 15.8. The van der Waals surface area contributed by atoms with E-state index < -0.39 is 0 Å². The minimum atomic E-state index is 0.396. The maximum absolute atomic E-state index is 12.2. The quantitative estimate of drug-likeness (QED) is 0.173. The maximum atomic E-state index is 12.2. The third-order valence-electron chi connectivity index (χ3n) is 14.3. The highest BCUT2D eigenvalue weighted by Gasteiger charge is 2.33. The van der Waals surface area contributed by atoms with Gasteiger partial charge in [0.15, 0.2) is 0 Å². The Balaban J connectivity index is 1.26. The molecule has 0 atom stereocenters. The van der Waals surface area contributed by atoms with Crippen LogP contribution in [0.25, 0.3) is 121 Å². The number of aryl methyl sites for hydroxylation is 1. The molecule has 6 nitrogen and oxygen atoms in total. The molecule has 10 aromatic carbocycles. The van der Waals surface area contributed by atoms with Gasteiger partial charge in [-0.15, -0.1) is 0 Å². The molecule has 14 aromatic rings. The van der Waals surface area contributed by atoms with E-state index in [1.165, 1.54) is 0 Å². The van der Waals surface area contributed by atoms with Gasteiger partial charge in [-0.25, -0.2) is 0 Å². The molecule has 4 aromatic heterocycles. The van der Waals surface area contributed by atoms with Crippen LogP contribution in [-0.4, -0.2) is 18.3 Å². The lowest BCUT2D eigenvalue weighted by atomic mass is 9.91. The average molecular weight is 879 g/mol. The number of hydrogen-bond acceptors (Lipinski definition) is 2. The summed E-state index contributed by atoms with van der Waals surface area (Å²) in [6.45, 7) is 2.09. The van der Waals surface area contributed by atoms with E-state index in [0.717, 1.165) is 110 Å². The monoisotopic (exact) mass is 878 g/mol. The van der Waals surface area contributed by atoms with Crippen molar-refractivity contribution >= 4 is 87.2 Å². The zero-order chi connectivity index (χ0) is 45.9. The summed E-state index contributed by atoms with van der Waals surface area (Å²) < 4.78 is 9.11. The largest absolute Gasteiger partial charge is 0.309 e. The number of para-hydroxylation sites is 7. The van der Waals surface area contributed by atoms with Crippen molar-refractivity contribution in [2.75, 3.05) is 0 Å². The number of hydrogen-bond donors (Lipinski definition) is 0. The summed E-state index contributed by atoms with van der Waals surface area (Å²) in [5.41, 5.74) is 14.4. The fourth-order valence-electron chi connectivity index (χ4n) is 11.4. The van der Waals surface area contributed by atoms with Crippen molar-refractivity contribution in [1.29, 1.82) is 10.5 Å². The van der Waals surface area contributed by atoms with E-state index in [1.807, 2.05) is 6.07 Å². The van der Waals surface area contributed by atoms with Crippen LogP contribution in [0.1, 0.15) is 16.7 Å². The molecule has 0 unspecified atom stereocenters. The second-order valence-electron chi connectivity index (χ2n) is 17.9. The van der Waals surface area contributed by atoms with Crippen LogP contribution in [-0.2, 0) is 0 Å². The molecule has 4 heterocycles. The van der Waals surface area contributed by atoms with Crippen molar-refractivity contribution in [2.24, 2.45) is 0 Å². The molecule has 0 aliphatic carbocycles. The highest BCUT2D eigenvalue weighted by atomic mass is 15.1. The third-order valence-corrected chi connectivity index (χ3v) is 14.3. The predicted molar refractivity (Wildman–Crippen MR) is 283 cm³/mol. The summed E-state index contributed by atoms with van der Waals surface area (Å²) in [6.07, 6.45) is 0. The lowest BCUT2D eigenvalue weighted by molar-refractivity contribution is 1.08. The Morgan fingerprint density at radius 3 is 1.01 bits per heavy atom. The van der Waals surface area contributed by atoms with Crippen LogP contribution in [0.3, 0.4) is 0 Å². The third kappa shape index (κ3) is 5.34. The van der Waals surface area contributed by atoms with E-state index in [1.54, 1.807) is 0 Å². The van der Waals surface area contributed by atoms with Crippen molar-refractivity contribution in [1.82, 2.24) is 18.3 Å². The van der Waals surface area contributed by atoms with E-state index in [-0.39, 0.29) is 0 Å². The molecular weight excluding hydrogens is 841 g/mol. The van der Waals surface area contributed by atoms with Crippen molar-refractivity contribution in [3.05, 3.63) is 229 Å². The molecule has 0 amide bonds. The molecule has 0 bridgehead atoms. The van der Waals surface area contributed by atoms with Gasteiger partial charge in [0.05, 0.1) is 61.2 Å². The average Bonchev–Trinajstić information content (AvgIpc) is 4.12. The highest BCUT2D eigenvalue weighted by Crippen LogP contribution is 2.49. The number of benzene rings is 10. The van der Waals surface area contributed by atoms with Crippen LogP contribution in [0.5, 0.6) is 0 Å². The molecule has 0 N–H and O–H groups in total. The number of rotatable bonds is 5. The smallest absolute Gasteiger partial charge is 0.104 e. The van der Waals surface area contributed by atoms with Gasteiger partial charge >= 0.3 is 0 Å². The summed E-state index contributed by atoms with van der Waals surface area (Å²) in [7, 11) is 0. The number of aromatic nitrogens is 4. The number of nitriles is 2. The molecule has 0 aliphatic heterocycles. The number of nitrogens with zero attached hydrogens (tertiary/aromatic N) is 6. The second kappa shape index (κ2) is 14.7. The molecule has 0 aliphatic rings. The van der Waals surface area contributed by atoms with Gasteiger partial charge in [0.1, 0.15) is 23.3 Å². The Labute approximate surface area is 396 Å². The Morgan fingerprint density at radius 1 is 0.304 bits per heavy atom. The van der Waals surface area contributed by atoms with Gasteiger partial charge in [0, 0.05) is 54.3 Å². The van der Waals surface area contributed by atoms with Crippen molar-refractivity contribution in [2.45, 2.75) is 6.92 Å². The first-order valence-electron chi connectivity index (χ1n) is 23.2. The van der Waals surface area contributed by atoms with Gasteiger partial charge in [-0.3, -0.25) is 0 Å². The van der Waals surface area contributed by atoms with Crippen LogP contribution in [0.2, 0.25) is 0 Å². The standard InChI is InChI=1S/C63H38N6/c1-39-31-33-40(34-32-39)60-62(67-53-26-12-5-19-42(53)43-20-6-13-27-54(43)67)50(37-64)61(51(38-65)63(60)68-55-28-14-7-21-44(55)45-22-8-15-29-56(45)68)69-57-30-16-10-24-47(57)49-35-58-48(36-59(49)69)46-23-9-11-25-52(46)66(58)41-17-3-2-4-18-41/h2-36H,1H3. The minimum absolute atomic E-state index is 0.396. The lowest BCUT2D eigenvalue weighted by Gasteiger charge is -2.26. The van der Waals surface area contributed by atoms with E-state index in [4.69, 9.17) is 0 Å². The lowest BCUT2D eigenvalue weighted by Crippen LogP contribution is -2.14. The van der Waals surface area contributed by atoms with Crippen LogP contribution in [0, 0.1) is 29.6 Å². The number of fused-ring (bicyclic) bond motifs is 12. The van der Waals surface area contributed by atoms with Gasteiger partial charge in [-0.2, -0.15) is 10.5 Å². The minimum Gasteiger partial charge on any atom is -0.309 e. The van der Waals surface area contributed by atoms with E-state index >= 15 is 0 Å². The van der Waals surface area contributed by atoms with Crippen molar-refractivity contribution in [3.8, 4) is 46.0 Å². The topological polar surface area (TPSA) is 67.3 Å². The summed E-state index contributed by atoms with van der Waals surface area (Å²) in [4.78, 5) is 0. The molecule has 0 saturated carbocycles. The molecule has 0 spiro atoms. The van der Waals surface area contributed by atoms with Crippen LogP contribution >= 0.6 is 0 Å². The van der Waals surface area contributed by atoms with Crippen LogP contribution in [0.15, 0.2) is 212 Å². The zero-order valence-electron chi connectivity index (χ0n) is 37.4. The normalized spacial score (nSPS) is 11.8. The molecular formula is C63H38N6. The van der Waals surface area contributed by atoms with Crippen molar-refractivity contribution < 1.29 is 0 Å². The van der Waals surface area contributed by atoms with Gasteiger partial charge in [-0.05, 0) is 73.2 Å². The van der Waals surface area contributed by atoms with Crippen molar-refractivity contribution in [3.63, 3.8) is 0 Å². The molecule has 0 radical (unpaired) electrons. The van der Waals surface area contributed by atoms with E-state index in [9.17, 15) is 10.5 Å². The fraction of sp³-hybridized carbons (Fsp3) is 0.0159. The molecule has 6 heteroatoms. The van der Waals surface area contributed by atoms with Crippen LogP contribution < -0.4 is 0 Å². The Kier molecular flexibility index (Phi) is 8.23. The zero-order valence-corrected chi connectivity index (χ0v) is 37.4. The van der Waals surface area contributed by atoms with E-state index in [2.05, 4.69) is 244 Å². The maximum Gasteiger partial charge on any atom is 0.104 e. The molecule has 0 saturated heterocycles. The summed E-state index contributed by atoms with van der Waals surface area (Å²) in [6, 6.07) is 80.1. The fourth-order valence-corrected chi connectivity index (χ4v) is 11.4. The second-order valence-corrected chi connectivity index (χ2v) is 17.9. The highest BCUT2D eigenvalue weighted by molar-refractivity contribution is 6.20. The summed E-state index contributed by atoms with van der Waals surface area (Å²) in [5, 5.41) is 33.0. The first kappa shape index (κ1) is 38.6. The van der Waals surface area contributed by atoms with Gasteiger partial charge in [0.25, 0.3) is 0 Å². The van der Waals surface area contributed by atoms with E-state index in [0.29, 0.717) is 28.2 Å². The molecule has 69 heavy (non-hydrogen) atoms. The van der Waals surface area contributed by atoms with Gasteiger partial charge < -0.3 is 18.3 Å². The summed E-state index contributed by atoms with van der Waals surface area (Å²) in [5.74, 6) is 0. The molecule has 320 valence electrons. The van der Waals surface area contributed by atoms with Gasteiger partial charge in [-0.1, -0.05) is 157 Å². The Hall–Kier alpha value is -9.62. The van der Waals surface area contributed by atoms with Gasteiger partial charge in [0.2, 0.25) is 0 Å². The van der Waals surface area contributed by atoms with Crippen LogP contribution in [0.4, 0.5) is 0 Å². The SMILES string of the molecule is Cc1ccc(-c2c(-n3c4ccccc4c4ccccc43)c(C#N)c(-n3c4ccccc4c4cc5c(cc43)c3ccccc3n5-c3ccccc3)c(C#N)c2-n2c3ccccc3c3ccccc32)cc1. The molecule has 0 fully saturated rings. The Morgan fingerprint density at radius 2 is 0.623 bits per heavy atom. The molecule has 14 rings (SSSR count). The Bertz CT molecular complexity index is 4300. The first-order valence-corrected chi connectivity index (χ1v) is 23.2. The first-order chi connectivity index (χ1) is 34.1. The summed E-state index contributed by atoms with van der Waals surface area (Å²) >= 11 is 0.